The van der Waals surface area contributed by atoms with Gasteiger partial charge in [-0.25, -0.2) is 0 Å². The molecule has 0 amide bonds. The highest BCUT2D eigenvalue weighted by atomic mass is 16.5. The quantitative estimate of drug-likeness (QED) is 0.483. The molecule has 3 aromatic rings. The van der Waals surface area contributed by atoms with E-state index in [0.29, 0.717) is 0 Å². The van der Waals surface area contributed by atoms with Gasteiger partial charge >= 0.3 is 0 Å². The fourth-order valence-corrected chi connectivity index (χ4v) is 3.14. The van der Waals surface area contributed by atoms with Gasteiger partial charge in [0.1, 0.15) is 17.2 Å². The predicted molar refractivity (Wildman–Crippen MR) is 122 cm³/mol. The van der Waals surface area contributed by atoms with E-state index in [0.717, 1.165) is 28.2 Å². The first-order valence-corrected chi connectivity index (χ1v) is 10.2. The van der Waals surface area contributed by atoms with Crippen molar-refractivity contribution >= 4 is 0 Å². The number of rotatable bonds is 5. The highest BCUT2D eigenvalue weighted by Crippen LogP contribution is 2.40. The number of benzene rings is 3. The van der Waals surface area contributed by atoms with Crippen molar-refractivity contribution in [3.63, 3.8) is 0 Å². The third-order valence-corrected chi connectivity index (χ3v) is 4.78. The lowest BCUT2D eigenvalue weighted by Crippen LogP contribution is -2.25. The summed E-state index contributed by atoms with van der Waals surface area (Å²) in [6, 6.07) is 23.6. The second-order valence-corrected chi connectivity index (χ2v) is 6.13. The van der Waals surface area contributed by atoms with Crippen molar-refractivity contribution in [1.29, 1.82) is 0 Å². The maximum Gasteiger partial charge on any atom is 0.118 e. The summed E-state index contributed by atoms with van der Waals surface area (Å²) in [5.74, 6) is 1.91. The minimum Gasteiger partial charge on any atom is -0.508 e. The third kappa shape index (κ3) is 5.54. The Kier molecular flexibility index (Phi) is 9.81. The summed E-state index contributed by atoms with van der Waals surface area (Å²) < 4.78 is 10.6. The number of hydrogen-bond acceptors (Lipinski definition) is 3. The van der Waals surface area contributed by atoms with Crippen LogP contribution in [0.4, 0.5) is 0 Å². The molecule has 29 heavy (non-hydrogen) atoms. The first kappa shape index (κ1) is 24.1. The van der Waals surface area contributed by atoms with Gasteiger partial charge in [0.15, 0.2) is 0 Å². The van der Waals surface area contributed by atoms with Gasteiger partial charge in [-0.05, 0) is 60.0 Å². The maximum absolute atomic E-state index is 9.67. The molecule has 0 atom stereocenters. The molecular weight excluding hydrogens is 360 g/mol. The molecule has 0 aliphatic carbocycles. The van der Waals surface area contributed by atoms with Crippen LogP contribution in [-0.2, 0) is 5.41 Å². The second kappa shape index (κ2) is 11.8. The highest BCUT2D eigenvalue weighted by Gasteiger charge is 2.31. The van der Waals surface area contributed by atoms with E-state index in [1.165, 1.54) is 0 Å². The standard InChI is InChI=1S/C22H22O3.2C2H6/c1-22(16-4-10-19(23)11-5-16,17-6-12-20(24-2)13-7-17)18-8-14-21(25-3)15-9-18;2*1-2/h4-15,23H,1-3H3;2*1-2H3. The molecule has 0 saturated carbocycles. The van der Waals surface area contributed by atoms with E-state index in [1.807, 2.05) is 64.1 Å². The van der Waals surface area contributed by atoms with Crippen LogP contribution in [-0.4, -0.2) is 19.3 Å². The fraction of sp³-hybridized carbons (Fsp3) is 0.308. The van der Waals surface area contributed by atoms with Crippen LogP contribution in [0, 0.1) is 0 Å². The number of ether oxygens (including phenoxy) is 2. The van der Waals surface area contributed by atoms with Gasteiger partial charge in [-0.3, -0.25) is 0 Å². The van der Waals surface area contributed by atoms with Crippen molar-refractivity contribution in [1.82, 2.24) is 0 Å². The third-order valence-electron chi connectivity index (χ3n) is 4.78. The van der Waals surface area contributed by atoms with E-state index in [-0.39, 0.29) is 11.2 Å². The Hall–Kier alpha value is -2.94. The Balaban J connectivity index is 0.000000989. The predicted octanol–water partition coefficient (Wildman–Crippen LogP) is 6.82. The number of aromatic hydroxyl groups is 1. The zero-order valence-corrected chi connectivity index (χ0v) is 18.7. The average molecular weight is 395 g/mol. The molecule has 0 fully saturated rings. The summed E-state index contributed by atoms with van der Waals surface area (Å²) in [5.41, 5.74) is 3.01. The van der Waals surface area contributed by atoms with E-state index >= 15 is 0 Å². The van der Waals surface area contributed by atoms with Crippen molar-refractivity contribution in [3.8, 4) is 17.2 Å². The van der Waals surface area contributed by atoms with E-state index in [4.69, 9.17) is 9.47 Å². The molecule has 0 unspecified atom stereocenters. The largest absolute Gasteiger partial charge is 0.508 e. The number of methoxy groups -OCH3 is 2. The zero-order chi connectivity index (χ0) is 21.9. The highest BCUT2D eigenvalue weighted by molar-refractivity contribution is 5.52. The zero-order valence-electron chi connectivity index (χ0n) is 18.7. The van der Waals surface area contributed by atoms with Crippen LogP contribution in [0.2, 0.25) is 0 Å². The average Bonchev–Trinajstić information content (AvgIpc) is 2.82. The van der Waals surface area contributed by atoms with E-state index in [2.05, 4.69) is 31.2 Å². The van der Waals surface area contributed by atoms with E-state index < -0.39 is 0 Å². The molecule has 0 aliphatic rings. The summed E-state index contributed by atoms with van der Waals surface area (Å²) >= 11 is 0. The SMILES string of the molecule is CC.CC.COc1ccc(C(C)(c2ccc(O)cc2)c2ccc(OC)cc2)cc1. The van der Waals surface area contributed by atoms with Crippen molar-refractivity contribution < 1.29 is 14.6 Å². The molecule has 3 aromatic carbocycles. The Morgan fingerprint density at radius 1 is 0.552 bits per heavy atom. The van der Waals surface area contributed by atoms with Crippen LogP contribution in [0.1, 0.15) is 51.3 Å². The molecule has 156 valence electrons. The summed E-state index contributed by atoms with van der Waals surface area (Å²) in [5, 5.41) is 9.67. The molecule has 0 saturated heterocycles. The van der Waals surface area contributed by atoms with Crippen molar-refractivity contribution in [2.75, 3.05) is 14.2 Å². The normalized spacial score (nSPS) is 10.0. The molecule has 0 radical (unpaired) electrons. The first-order valence-electron chi connectivity index (χ1n) is 10.2. The van der Waals surface area contributed by atoms with Gasteiger partial charge in [-0.15, -0.1) is 0 Å². The van der Waals surface area contributed by atoms with Crippen LogP contribution in [0.5, 0.6) is 17.2 Å². The van der Waals surface area contributed by atoms with Gasteiger partial charge in [0.25, 0.3) is 0 Å². The fourth-order valence-electron chi connectivity index (χ4n) is 3.14. The number of phenols is 1. The molecule has 3 heteroatoms. The Bertz CT molecular complexity index is 772. The van der Waals surface area contributed by atoms with Gasteiger partial charge in [0, 0.05) is 5.41 Å². The summed E-state index contributed by atoms with van der Waals surface area (Å²) in [6.45, 7) is 10.2. The van der Waals surface area contributed by atoms with Crippen LogP contribution in [0.15, 0.2) is 72.8 Å². The lowest BCUT2D eigenvalue weighted by atomic mass is 9.71. The van der Waals surface area contributed by atoms with Crippen LogP contribution >= 0.6 is 0 Å². The lowest BCUT2D eigenvalue weighted by molar-refractivity contribution is 0.414. The van der Waals surface area contributed by atoms with Gasteiger partial charge in [0.2, 0.25) is 0 Å². The number of phenolic OH excluding ortho intramolecular Hbond substituents is 1. The first-order chi connectivity index (χ1) is 14.1. The molecule has 3 rings (SSSR count). The number of hydrogen-bond donors (Lipinski definition) is 1. The van der Waals surface area contributed by atoms with Crippen molar-refractivity contribution in [3.05, 3.63) is 89.5 Å². The van der Waals surface area contributed by atoms with Crippen molar-refractivity contribution in [2.45, 2.75) is 40.0 Å². The molecule has 0 heterocycles. The topological polar surface area (TPSA) is 38.7 Å². The summed E-state index contributed by atoms with van der Waals surface area (Å²) in [4.78, 5) is 0. The monoisotopic (exact) mass is 394 g/mol. The van der Waals surface area contributed by atoms with Gasteiger partial charge in [0.05, 0.1) is 14.2 Å². The smallest absolute Gasteiger partial charge is 0.118 e. The molecule has 0 spiro atoms. The van der Waals surface area contributed by atoms with E-state index in [9.17, 15) is 5.11 Å². The minimum absolute atomic E-state index is 0.260. The molecule has 1 N–H and O–H groups in total. The Labute approximate surface area is 175 Å². The molecule has 0 aromatic heterocycles. The van der Waals surface area contributed by atoms with Crippen molar-refractivity contribution in [2.24, 2.45) is 0 Å². The second-order valence-electron chi connectivity index (χ2n) is 6.13. The Morgan fingerprint density at radius 3 is 1.10 bits per heavy atom. The van der Waals surface area contributed by atoms with Gasteiger partial charge in [-0.2, -0.15) is 0 Å². The Morgan fingerprint density at radius 2 is 0.828 bits per heavy atom. The molecule has 0 bridgehead atoms. The molecular formula is C26H34O3. The minimum atomic E-state index is -0.369. The summed E-state index contributed by atoms with van der Waals surface area (Å²) in [6.07, 6.45) is 0. The molecule has 3 nitrogen and oxygen atoms in total. The van der Waals surface area contributed by atoms with Crippen LogP contribution in [0.25, 0.3) is 0 Å². The van der Waals surface area contributed by atoms with Gasteiger partial charge < -0.3 is 14.6 Å². The van der Waals surface area contributed by atoms with Crippen LogP contribution in [0.3, 0.4) is 0 Å². The maximum atomic E-state index is 9.67. The van der Waals surface area contributed by atoms with E-state index in [1.54, 1.807) is 26.4 Å². The molecule has 0 aliphatic heterocycles. The van der Waals surface area contributed by atoms with Crippen LogP contribution < -0.4 is 9.47 Å². The van der Waals surface area contributed by atoms with Gasteiger partial charge in [-0.1, -0.05) is 64.1 Å². The lowest BCUT2D eigenvalue weighted by Gasteiger charge is -2.32. The summed E-state index contributed by atoms with van der Waals surface area (Å²) in [7, 11) is 3.33.